The van der Waals surface area contributed by atoms with E-state index in [9.17, 15) is 9.59 Å². The van der Waals surface area contributed by atoms with Crippen LogP contribution < -0.4 is 5.32 Å². The van der Waals surface area contributed by atoms with E-state index in [1.165, 1.54) is 12.6 Å². The monoisotopic (exact) mass is 384 g/mol. The fourth-order valence-corrected chi connectivity index (χ4v) is 4.06. The molecule has 0 atom stereocenters. The first kappa shape index (κ1) is 23.1. The molecule has 2 amide bonds. The van der Waals surface area contributed by atoms with Crippen molar-refractivity contribution >= 4 is 19.9 Å². The number of nitrogens with zero attached hydrogens (tertiary/aromatic N) is 3. The second-order valence-electron chi connectivity index (χ2n) is 9.01. The number of nitrogens with one attached hydrogen (secondary N) is 1. The summed E-state index contributed by atoms with van der Waals surface area (Å²) in [5, 5.41) is 2.97. The first-order valence-corrected chi connectivity index (χ1v) is 13.8. The topological polar surface area (TPSA) is 55.9 Å². The van der Waals surface area contributed by atoms with Gasteiger partial charge in [0.2, 0.25) is 11.8 Å². The third-order valence-electron chi connectivity index (χ3n) is 4.97. The van der Waals surface area contributed by atoms with Gasteiger partial charge in [0.15, 0.2) is 0 Å². The Hall–Kier alpha value is -0.923. The first-order chi connectivity index (χ1) is 12.1. The van der Waals surface area contributed by atoms with Crippen LogP contribution in [-0.2, 0) is 9.59 Å². The molecule has 1 rings (SSSR count). The predicted octanol–water partition coefficient (Wildman–Crippen LogP) is 1.71. The average Bonchev–Trinajstić information content (AvgIpc) is 2.92. The molecular formula is C19H40N4O2Si. The lowest BCUT2D eigenvalue weighted by atomic mass is 10.3. The summed E-state index contributed by atoms with van der Waals surface area (Å²) in [6, 6.07) is 1.79. The molecule has 0 aromatic rings. The van der Waals surface area contributed by atoms with Crippen LogP contribution in [0.3, 0.4) is 0 Å². The van der Waals surface area contributed by atoms with Gasteiger partial charge in [-0.15, -0.1) is 0 Å². The van der Waals surface area contributed by atoms with Crippen LogP contribution in [0, 0.1) is 0 Å². The number of hydrogen-bond donors (Lipinski definition) is 1. The summed E-state index contributed by atoms with van der Waals surface area (Å²) in [7, 11) is 1.22. The van der Waals surface area contributed by atoms with Crippen molar-refractivity contribution in [3.05, 3.63) is 0 Å². The molecule has 1 aliphatic heterocycles. The lowest BCUT2D eigenvalue weighted by Gasteiger charge is -2.29. The van der Waals surface area contributed by atoms with E-state index < -0.39 is 8.07 Å². The van der Waals surface area contributed by atoms with Crippen molar-refractivity contribution in [3.8, 4) is 0 Å². The minimum Gasteiger partial charge on any atom is -0.353 e. The largest absolute Gasteiger partial charge is 0.353 e. The van der Waals surface area contributed by atoms with E-state index in [4.69, 9.17) is 0 Å². The van der Waals surface area contributed by atoms with E-state index in [2.05, 4.69) is 55.7 Å². The Balaban J connectivity index is 2.25. The van der Waals surface area contributed by atoms with E-state index in [1.54, 1.807) is 4.90 Å². The number of amides is 2. The molecule has 0 saturated carbocycles. The maximum absolute atomic E-state index is 12.0. The maximum atomic E-state index is 12.0. The second-order valence-corrected chi connectivity index (χ2v) is 14.6. The fourth-order valence-electron chi connectivity index (χ4n) is 3.00. The molecule has 1 aliphatic rings. The molecule has 1 saturated heterocycles. The van der Waals surface area contributed by atoms with Crippen LogP contribution in [0.5, 0.6) is 0 Å². The van der Waals surface area contributed by atoms with Crippen LogP contribution in [0.1, 0.15) is 26.7 Å². The van der Waals surface area contributed by atoms with E-state index in [0.29, 0.717) is 25.6 Å². The highest BCUT2D eigenvalue weighted by molar-refractivity contribution is 6.76. The van der Waals surface area contributed by atoms with E-state index >= 15 is 0 Å². The summed E-state index contributed by atoms with van der Waals surface area (Å²) in [6.45, 7) is 17.3. The van der Waals surface area contributed by atoms with Crippen molar-refractivity contribution in [2.75, 3.05) is 52.9 Å². The lowest BCUT2D eigenvalue weighted by Crippen LogP contribution is -2.44. The zero-order valence-corrected chi connectivity index (χ0v) is 18.8. The number of carbonyl (C=O) groups excluding carboxylic acids is 2. The molecule has 1 N–H and O–H groups in total. The molecular weight excluding hydrogens is 344 g/mol. The number of rotatable bonds is 12. The highest BCUT2D eigenvalue weighted by atomic mass is 28.3. The summed E-state index contributed by atoms with van der Waals surface area (Å²) in [4.78, 5) is 30.1. The van der Waals surface area contributed by atoms with Crippen LogP contribution in [0.25, 0.3) is 0 Å². The average molecular weight is 385 g/mol. The highest BCUT2D eigenvalue weighted by Crippen LogP contribution is 2.09. The normalized spacial score (nSPS) is 15.6. The van der Waals surface area contributed by atoms with E-state index in [-0.39, 0.29) is 18.4 Å². The molecule has 0 bridgehead atoms. The molecule has 0 radical (unpaired) electrons. The van der Waals surface area contributed by atoms with Crippen molar-refractivity contribution in [1.82, 2.24) is 20.0 Å². The zero-order valence-electron chi connectivity index (χ0n) is 17.8. The van der Waals surface area contributed by atoms with Gasteiger partial charge in [0.1, 0.15) is 0 Å². The van der Waals surface area contributed by atoms with Gasteiger partial charge in [0.25, 0.3) is 0 Å². The van der Waals surface area contributed by atoms with Crippen molar-refractivity contribution in [3.63, 3.8) is 0 Å². The van der Waals surface area contributed by atoms with Gasteiger partial charge in [-0.05, 0) is 39.9 Å². The molecule has 0 spiro atoms. The van der Waals surface area contributed by atoms with E-state index in [1.807, 2.05) is 0 Å². The van der Waals surface area contributed by atoms with Crippen molar-refractivity contribution < 1.29 is 9.59 Å². The lowest BCUT2D eigenvalue weighted by molar-refractivity contribution is -0.133. The third-order valence-corrected chi connectivity index (χ3v) is 6.69. The van der Waals surface area contributed by atoms with E-state index in [0.717, 1.165) is 26.1 Å². The molecule has 0 unspecified atom stereocenters. The predicted molar refractivity (Wildman–Crippen MR) is 111 cm³/mol. The Morgan fingerprint density at radius 2 is 1.88 bits per heavy atom. The molecule has 1 fully saturated rings. The summed E-state index contributed by atoms with van der Waals surface area (Å²) in [5.74, 6) is 0.0570. The quantitative estimate of drug-likeness (QED) is 0.521. The second kappa shape index (κ2) is 11.0. The fraction of sp³-hybridized carbons (Fsp3) is 0.895. The minimum absolute atomic E-state index is 0.0452. The van der Waals surface area contributed by atoms with Crippen LogP contribution in [0.15, 0.2) is 0 Å². The standard InChI is InChI=1S/C19H40N4O2Si/c1-17(2)22(13-12-21(3)14-15-26(4,5)6)11-9-20-18(24)16-23-10-7-8-19(23)25/h17H,7-16H2,1-6H3,(H,20,24). The smallest absolute Gasteiger partial charge is 0.239 e. The van der Waals surface area contributed by atoms with Gasteiger partial charge in [-0.3, -0.25) is 14.5 Å². The van der Waals surface area contributed by atoms with Gasteiger partial charge >= 0.3 is 0 Å². The molecule has 1 heterocycles. The maximum Gasteiger partial charge on any atom is 0.239 e. The van der Waals surface area contributed by atoms with Crippen molar-refractivity contribution in [2.45, 2.75) is 58.4 Å². The molecule has 26 heavy (non-hydrogen) atoms. The minimum atomic E-state index is -0.983. The molecule has 0 aliphatic carbocycles. The molecule has 6 nitrogen and oxygen atoms in total. The van der Waals surface area contributed by atoms with Gasteiger partial charge in [-0.2, -0.15) is 0 Å². The van der Waals surface area contributed by atoms with Gasteiger partial charge in [0, 0.05) is 53.3 Å². The number of hydrogen-bond acceptors (Lipinski definition) is 4. The first-order valence-electron chi connectivity index (χ1n) is 10.1. The summed E-state index contributed by atoms with van der Waals surface area (Å²) in [5.41, 5.74) is 0. The van der Waals surface area contributed by atoms with Crippen LogP contribution in [0.2, 0.25) is 25.7 Å². The summed E-state index contributed by atoms with van der Waals surface area (Å²) >= 11 is 0. The molecule has 7 heteroatoms. The van der Waals surface area contributed by atoms with Crippen LogP contribution >= 0.6 is 0 Å². The van der Waals surface area contributed by atoms with Gasteiger partial charge in [-0.1, -0.05) is 19.6 Å². The highest BCUT2D eigenvalue weighted by Gasteiger charge is 2.22. The SMILES string of the molecule is CC(C)N(CCNC(=O)CN1CCCC1=O)CCN(C)CC[Si](C)(C)C. The molecule has 0 aromatic carbocycles. The van der Waals surface area contributed by atoms with Crippen molar-refractivity contribution in [1.29, 1.82) is 0 Å². The van der Waals surface area contributed by atoms with Crippen molar-refractivity contribution in [2.24, 2.45) is 0 Å². The molecule has 0 aromatic heterocycles. The molecule has 152 valence electrons. The Bertz CT molecular complexity index is 451. The Kier molecular flexibility index (Phi) is 9.82. The van der Waals surface area contributed by atoms with Crippen LogP contribution in [0.4, 0.5) is 0 Å². The number of likely N-dealkylation sites (N-methyl/N-ethyl adjacent to an activating group) is 1. The summed E-state index contributed by atoms with van der Waals surface area (Å²) in [6.07, 6.45) is 1.46. The Morgan fingerprint density at radius 3 is 2.42 bits per heavy atom. The van der Waals surface area contributed by atoms with Gasteiger partial charge in [-0.25, -0.2) is 0 Å². The zero-order chi connectivity index (χ0) is 19.7. The number of likely N-dealkylation sites (tertiary alicyclic amines) is 1. The Morgan fingerprint density at radius 1 is 1.19 bits per heavy atom. The number of carbonyl (C=O) groups is 2. The van der Waals surface area contributed by atoms with Gasteiger partial charge < -0.3 is 15.1 Å². The van der Waals surface area contributed by atoms with Gasteiger partial charge in [0.05, 0.1) is 6.54 Å². The van der Waals surface area contributed by atoms with Crippen LogP contribution in [-0.4, -0.2) is 93.5 Å². The summed E-state index contributed by atoms with van der Waals surface area (Å²) < 4.78 is 0. The Labute approximate surface area is 161 Å². The third kappa shape index (κ3) is 9.69.